The molecule has 1 saturated carbocycles. The molecule has 0 amide bonds. The second kappa shape index (κ2) is 8.46. The van der Waals surface area contributed by atoms with Crippen LogP contribution in [0.1, 0.15) is 56.6 Å². The Hall–Kier alpha value is -0.820. The van der Waals surface area contributed by atoms with Gasteiger partial charge in [-0.1, -0.05) is 68.9 Å². The molecule has 1 aromatic rings. The van der Waals surface area contributed by atoms with Gasteiger partial charge in [-0.05, 0) is 50.3 Å². The number of hydrogen-bond donors (Lipinski definition) is 1. The fourth-order valence-electron chi connectivity index (χ4n) is 3.50. The van der Waals surface area contributed by atoms with E-state index in [0.29, 0.717) is 0 Å². The van der Waals surface area contributed by atoms with Crippen LogP contribution in [0, 0.1) is 18.8 Å². The molecule has 0 spiro atoms. The summed E-state index contributed by atoms with van der Waals surface area (Å²) in [4.78, 5) is 0. The van der Waals surface area contributed by atoms with Gasteiger partial charge in [-0.25, -0.2) is 0 Å². The van der Waals surface area contributed by atoms with E-state index in [9.17, 15) is 0 Å². The molecule has 0 saturated heterocycles. The highest BCUT2D eigenvalue weighted by Gasteiger charge is 2.23. The highest BCUT2D eigenvalue weighted by atomic mass is 14.9. The van der Waals surface area contributed by atoms with Gasteiger partial charge in [0, 0.05) is 0 Å². The molecule has 0 radical (unpaired) electrons. The topological polar surface area (TPSA) is 12.0 Å². The van der Waals surface area contributed by atoms with Crippen LogP contribution in [-0.4, -0.2) is 13.1 Å². The summed E-state index contributed by atoms with van der Waals surface area (Å²) in [5, 5.41) is 3.66. The molecule has 1 aliphatic rings. The standard InChI is InChI=1S/C19H31N/c1-3-13-20-15-19(18-7-5-4-6-8-18)14-17-11-9-16(2)10-12-17/h9-12,18-20H,3-8,13-15H2,1-2H3. The number of hydrogen-bond acceptors (Lipinski definition) is 1. The zero-order valence-electron chi connectivity index (χ0n) is 13.3. The summed E-state index contributed by atoms with van der Waals surface area (Å²) in [6.45, 7) is 6.79. The van der Waals surface area contributed by atoms with Gasteiger partial charge in [0.25, 0.3) is 0 Å². The summed E-state index contributed by atoms with van der Waals surface area (Å²) in [6, 6.07) is 9.16. The first kappa shape index (κ1) is 15.6. The van der Waals surface area contributed by atoms with Crippen molar-refractivity contribution in [1.29, 1.82) is 0 Å². The average molecular weight is 273 g/mol. The van der Waals surface area contributed by atoms with Crippen LogP contribution in [0.25, 0.3) is 0 Å². The van der Waals surface area contributed by atoms with Crippen LogP contribution in [0.3, 0.4) is 0 Å². The lowest BCUT2D eigenvalue weighted by Crippen LogP contribution is -2.31. The summed E-state index contributed by atoms with van der Waals surface area (Å²) >= 11 is 0. The number of aryl methyl sites for hydroxylation is 1. The molecule has 112 valence electrons. The van der Waals surface area contributed by atoms with Crippen molar-refractivity contribution in [2.24, 2.45) is 11.8 Å². The third-order valence-electron chi connectivity index (χ3n) is 4.77. The lowest BCUT2D eigenvalue weighted by molar-refractivity contribution is 0.240. The van der Waals surface area contributed by atoms with E-state index in [4.69, 9.17) is 0 Å². The minimum absolute atomic E-state index is 0.824. The van der Waals surface area contributed by atoms with Crippen LogP contribution in [0.5, 0.6) is 0 Å². The molecule has 0 heterocycles. The maximum absolute atomic E-state index is 3.66. The van der Waals surface area contributed by atoms with Crippen molar-refractivity contribution in [3.8, 4) is 0 Å². The maximum Gasteiger partial charge on any atom is -0.00147 e. The van der Waals surface area contributed by atoms with Gasteiger partial charge in [0.15, 0.2) is 0 Å². The Bertz CT molecular complexity index is 362. The van der Waals surface area contributed by atoms with Gasteiger partial charge in [0.1, 0.15) is 0 Å². The molecule has 0 aromatic heterocycles. The Morgan fingerprint density at radius 3 is 2.45 bits per heavy atom. The molecule has 2 rings (SSSR count). The predicted octanol–water partition coefficient (Wildman–Crippen LogP) is 4.73. The lowest BCUT2D eigenvalue weighted by Gasteiger charge is -2.31. The fourth-order valence-corrected chi connectivity index (χ4v) is 3.50. The van der Waals surface area contributed by atoms with Crippen molar-refractivity contribution in [2.75, 3.05) is 13.1 Å². The average Bonchev–Trinajstić information content (AvgIpc) is 2.49. The summed E-state index contributed by atoms with van der Waals surface area (Å²) in [7, 11) is 0. The zero-order chi connectivity index (χ0) is 14.2. The molecule has 1 nitrogen and oxygen atoms in total. The van der Waals surface area contributed by atoms with Crippen molar-refractivity contribution in [3.63, 3.8) is 0 Å². The Balaban J connectivity index is 1.95. The molecule has 0 bridgehead atoms. The number of nitrogens with one attached hydrogen (secondary N) is 1. The van der Waals surface area contributed by atoms with Crippen LogP contribution in [0.2, 0.25) is 0 Å². The predicted molar refractivity (Wildman–Crippen MR) is 88.1 cm³/mol. The normalized spacial score (nSPS) is 18.1. The van der Waals surface area contributed by atoms with Crippen molar-refractivity contribution in [3.05, 3.63) is 35.4 Å². The summed E-state index contributed by atoms with van der Waals surface area (Å²) in [5.41, 5.74) is 2.89. The molecule has 1 N–H and O–H groups in total. The van der Waals surface area contributed by atoms with Crippen LogP contribution >= 0.6 is 0 Å². The maximum atomic E-state index is 3.66. The van der Waals surface area contributed by atoms with E-state index >= 15 is 0 Å². The Labute approximate surface area is 125 Å². The molecular formula is C19H31N. The first-order valence-corrected chi connectivity index (χ1v) is 8.56. The first-order valence-electron chi connectivity index (χ1n) is 8.56. The molecular weight excluding hydrogens is 242 g/mol. The van der Waals surface area contributed by atoms with Crippen LogP contribution < -0.4 is 5.32 Å². The largest absolute Gasteiger partial charge is 0.316 e. The van der Waals surface area contributed by atoms with Crippen molar-refractivity contribution >= 4 is 0 Å². The molecule has 1 fully saturated rings. The van der Waals surface area contributed by atoms with E-state index in [1.807, 2.05) is 0 Å². The van der Waals surface area contributed by atoms with E-state index in [-0.39, 0.29) is 0 Å². The molecule has 1 atom stereocenters. The van der Waals surface area contributed by atoms with Gasteiger partial charge in [0.05, 0.1) is 0 Å². The van der Waals surface area contributed by atoms with Gasteiger partial charge in [-0.2, -0.15) is 0 Å². The third kappa shape index (κ3) is 4.94. The molecule has 1 aliphatic carbocycles. The van der Waals surface area contributed by atoms with Gasteiger partial charge in [0.2, 0.25) is 0 Å². The summed E-state index contributed by atoms with van der Waals surface area (Å²) < 4.78 is 0. The van der Waals surface area contributed by atoms with E-state index in [1.54, 1.807) is 0 Å². The molecule has 1 unspecified atom stereocenters. The van der Waals surface area contributed by atoms with Gasteiger partial charge in [-0.15, -0.1) is 0 Å². The fraction of sp³-hybridized carbons (Fsp3) is 0.684. The lowest BCUT2D eigenvalue weighted by atomic mass is 9.77. The van der Waals surface area contributed by atoms with Crippen LogP contribution in [0.15, 0.2) is 24.3 Å². The minimum Gasteiger partial charge on any atom is -0.316 e. The van der Waals surface area contributed by atoms with Gasteiger partial charge < -0.3 is 5.32 Å². The second-order valence-corrected chi connectivity index (χ2v) is 6.55. The van der Waals surface area contributed by atoms with Gasteiger partial charge >= 0.3 is 0 Å². The molecule has 1 heteroatoms. The van der Waals surface area contributed by atoms with Crippen molar-refractivity contribution in [2.45, 2.75) is 58.8 Å². The monoisotopic (exact) mass is 273 g/mol. The van der Waals surface area contributed by atoms with E-state index in [2.05, 4.69) is 43.4 Å². The van der Waals surface area contributed by atoms with Crippen LogP contribution in [0.4, 0.5) is 0 Å². The summed E-state index contributed by atoms with van der Waals surface area (Å²) in [5.74, 6) is 1.76. The van der Waals surface area contributed by atoms with Crippen molar-refractivity contribution < 1.29 is 0 Å². The third-order valence-corrected chi connectivity index (χ3v) is 4.77. The Morgan fingerprint density at radius 2 is 1.80 bits per heavy atom. The molecule has 0 aliphatic heterocycles. The minimum atomic E-state index is 0.824. The molecule has 20 heavy (non-hydrogen) atoms. The number of rotatable bonds is 7. The second-order valence-electron chi connectivity index (χ2n) is 6.55. The SMILES string of the molecule is CCCNCC(Cc1ccc(C)cc1)C1CCCCC1. The molecule has 1 aromatic carbocycles. The Morgan fingerprint density at radius 1 is 1.10 bits per heavy atom. The van der Waals surface area contributed by atoms with Gasteiger partial charge in [-0.3, -0.25) is 0 Å². The quantitative estimate of drug-likeness (QED) is 0.708. The Kier molecular flexibility index (Phi) is 6.59. The van der Waals surface area contributed by atoms with E-state index in [1.165, 1.54) is 62.6 Å². The van der Waals surface area contributed by atoms with E-state index in [0.717, 1.165) is 18.4 Å². The number of benzene rings is 1. The highest BCUT2D eigenvalue weighted by molar-refractivity contribution is 5.21. The van der Waals surface area contributed by atoms with Crippen molar-refractivity contribution in [1.82, 2.24) is 5.32 Å². The zero-order valence-corrected chi connectivity index (χ0v) is 13.3. The van der Waals surface area contributed by atoms with Crippen LogP contribution in [-0.2, 0) is 6.42 Å². The first-order chi connectivity index (χ1) is 9.79. The van der Waals surface area contributed by atoms with E-state index < -0.39 is 0 Å². The summed E-state index contributed by atoms with van der Waals surface area (Å²) in [6.07, 6.45) is 9.74. The smallest absolute Gasteiger partial charge is 0.00147 e. The highest BCUT2D eigenvalue weighted by Crippen LogP contribution is 2.31.